The Balaban J connectivity index is 2.05. The van der Waals surface area contributed by atoms with Crippen molar-refractivity contribution in [3.05, 3.63) is 23.5 Å². The van der Waals surface area contributed by atoms with Crippen molar-refractivity contribution in [2.75, 3.05) is 13.1 Å². The van der Waals surface area contributed by atoms with E-state index in [2.05, 4.69) is 10.6 Å². The summed E-state index contributed by atoms with van der Waals surface area (Å²) in [7, 11) is 0. The zero-order valence-electron chi connectivity index (χ0n) is 11.8. The van der Waals surface area contributed by atoms with Crippen molar-refractivity contribution in [1.29, 1.82) is 0 Å². The van der Waals surface area contributed by atoms with Gasteiger partial charge in [-0.25, -0.2) is 0 Å². The first-order chi connectivity index (χ1) is 9.83. The molecule has 0 saturated carbocycles. The van der Waals surface area contributed by atoms with Crippen LogP contribution in [0.1, 0.15) is 35.9 Å². The van der Waals surface area contributed by atoms with Gasteiger partial charge in [-0.05, 0) is 45.0 Å². The molecule has 1 aromatic heterocycles. The Labute approximate surface area is 120 Å². The summed E-state index contributed by atoms with van der Waals surface area (Å²) in [6.45, 7) is 3.95. The number of nitrogens with one attached hydrogen (secondary N) is 2. The molecule has 3 rings (SSSR count). The van der Waals surface area contributed by atoms with Gasteiger partial charge in [-0.15, -0.1) is 0 Å². The average Bonchev–Trinajstić information content (AvgIpc) is 2.82. The molecule has 2 aliphatic heterocycles. The molecule has 21 heavy (non-hydrogen) atoms. The molecule has 4 nitrogen and oxygen atoms in total. The van der Waals surface area contributed by atoms with Gasteiger partial charge in [-0.2, -0.15) is 13.2 Å². The van der Waals surface area contributed by atoms with Gasteiger partial charge < -0.3 is 15.2 Å². The SMILES string of the molecule is CC1Cn2c(C(=O)C(F)(F)F)ccc2C2(CCNCC2)N1. The quantitative estimate of drug-likeness (QED) is 0.778. The van der Waals surface area contributed by atoms with E-state index in [4.69, 9.17) is 0 Å². The van der Waals surface area contributed by atoms with Gasteiger partial charge in [0.2, 0.25) is 0 Å². The number of hydrogen-bond acceptors (Lipinski definition) is 3. The van der Waals surface area contributed by atoms with Gasteiger partial charge in [0, 0.05) is 18.3 Å². The van der Waals surface area contributed by atoms with Crippen LogP contribution < -0.4 is 10.6 Å². The first-order valence-electron chi connectivity index (χ1n) is 7.13. The number of halogens is 3. The standard InChI is InChI=1S/C14H18F3N3O/c1-9-8-20-10(12(21)14(15,16)17)2-3-11(20)13(19-9)4-6-18-7-5-13/h2-3,9,18-19H,4-8H2,1H3. The Morgan fingerprint density at radius 3 is 2.62 bits per heavy atom. The summed E-state index contributed by atoms with van der Waals surface area (Å²) in [6.07, 6.45) is -3.22. The summed E-state index contributed by atoms with van der Waals surface area (Å²) in [4.78, 5) is 11.6. The Hall–Kier alpha value is -1.34. The van der Waals surface area contributed by atoms with Crippen LogP contribution >= 0.6 is 0 Å². The lowest BCUT2D eigenvalue weighted by Crippen LogP contribution is -2.58. The normalized spacial score (nSPS) is 24.9. The third-order valence-electron chi connectivity index (χ3n) is 4.40. The van der Waals surface area contributed by atoms with E-state index >= 15 is 0 Å². The zero-order valence-corrected chi connectivity index (χ0v) is 11.8. The Morgan fingerprint density at radius 1 is 1.33 bits per heavy atom. The van der Waals surface area contributed by atoms with Gasteiger partial charge in [0.05, 0.1) is 11.2 Å². The highest BCUT2D eigenvalue weighted by molar-refractivity contribution is 5.99. The predicted octanol–water partition coefficient (Wildman–Crippen LogP) is 1.80. The molecular weight excluding hydrogens is 283 g/mol. The highest BCUT2D eigenvalue weighted by Gasteiger charge is 2.45. The van der Waals surface area contributed by atoms with Crippen molar-refractivity contribution in [1.82, 2.24) is 15.2 Å². The minimum Gasteiger partial charge on any atom is -0.339 e. The van der Waals surface area contributed by atoms with E-state index in [1.807, 2.05) is 6.92 Å². The number of ketones is 1. The van der Waals surface area contributed by atoms with Crippen LogP contribution in [0.25, 0.3) is 0 Å². The van der Waals surface area contributed by atoms with Crippen LogP contribution in [-0.2, 0) is 12.1 Å². The number of piperidine rings is 1. The van der Waals surface area contributed by atoms with Crippen LogP contribution in [0.4, 0.5) is 13.2 Å². The van der Waals surface area contributed by atoms with Crippen LogP contribution in [0.5, 0.6) is 0 Å². The van der Waals surface area contributed by atoms with Gasteiger partial charge in [-0.1, -0.05) is 0 Å². The van der Waals surface area contributed by atoms with Crippen LogP contribution in [0, 0.1) is 0 Å². The summed E-state index contributed by atoms with van der Waals surface area (Å²) >= 11 is 0. The molecule has 0 bridgehead atoms. The number of Topliss-reactive ketones (excluding diaryl/α,β-unsaturated/α-hetero) is 1. The van der Waals surface area contributed by atoms with E-state index in [1.165, 1.54) is 6.07 Å². The Bertz CT molecular complexity index is 558. The van der Waals surface area contributed by atoms with E-state index in [9.17, 15) is 18.0 Å². The summed E-state index contributed by atoms with van der Waals surface area (Å²) in [6, 6.07) is 3.01. The number of fused-ring (bicyclic) bond motifs is 2. The molecule has 2 aliphatic rings. The second-order valence-corrected chi connectivity index (χ2v) is 5.92. The Kier molecular flexibility index (Phi) is 3.37. The van der Waals surface area contributed by atoms with Gasteiger partial charge in [0.15, 0.2) is 0 Å². The van der Waals surface area contributed by atoms with Gasteiger partial charge in [-0.3, -0.25) is 4.79 Å². The van der Waals surface area contributed by atoms with Crippen molar-refractivity contribution in [3.63, 3.8) is 0 Å². The molecule has 1 fully saturated rings. The molecule has 3 heterocycles. The van der Waals surface area contributed by atoms with Crippen molar-refractivity contribution in [2.24, 2.45) is 0 Å². The summed E-state index contributed by atoms with van der Waals surface area (Å²) in [5.41, 5.74) is 0.228. The molecule has 1 atom stereocenters. The third-order valence-corrected chi connectivity index (χ3v) is 4.40. The maximum Gasteiger partial charge on any atom is 0.456 e. The lowest BCUT2D eigenvalue weighted by molar-refractivity contribution is -0.0891. The molecule has 1 saturated heterocycles. The Morgan fingerprint density at radius 2 is 2.00 bits per heavy atom. The predicted molar refractivity (Wildman–Crippen MR) is 71.2 cm³/mol. The van der Waals surface area contributed by atoms with Crippen LogP contribution in [-0.4, -0.2) is 35.7 Å². The van der Waals surface area contributed by atoms with Crippen LogP contribution in [0.15, 0.2) is 12.1 Å². The highest BCUT2D eigenvalue weighted by Crippen LogP contribution is 2.37. The fraction of sp³-hybridized carbons (Fsp3) is 0.643. The van der Waals surface area contributed by atoms with Gasteiger partial charge >= 0.3 is 6.18 Å². The fourth-order valence-corrected chi connectivity index (χ4v) is 3.54. The van der Waals surface area contributed by atoms with E-state index in [1.54, 1.807) is 10.6 Å². The highest BCUT2D eigenvalue weighted by atomic mass is 19.4. The lowest BCUT2D eigenvalue weighted by atomic mass is 9.82. The summed E-state index contributed by atoms with van der Waals surface area (Å²) < 4.78 is 39.7. The molecule has 7 heteroatoms. The van der Waals surface area contributed by atoms with Gasteiger partial charge in [0.1, 0.15) is 0 Å². The molecule has 0 amide bonds. The first kappa shape index (κ1) is 14.6. The summed E-state index contributed by atoms with van der Waals surface area (Å²) in [5, 5.41) is 6.79. The summed E-state index contributed by atoms with van der Waals surface area (Å²) in [5.74, 6) is -1.76. The number of nitrogens with zero attached hydrogens (tertiary/aromatic N) is 1. The number of aromatic nitrogens is 1. The van der Waals surface area contributed by atoms with Gasteiger partial charge in [0.25, 0.3) is 5.78 Å². The monoisotopic (exact) mass is 301 g/mol. The maximum absolute atomic E-state index is 12.7. The first-order valence-corrected chi connectivity index (χ1v) is 7.13. The molecule has 1 spiro atoms. The molecule has 0 aromatic carbocycles. The number of hydrogen-bond donors (Lipinski definition) is 2. The van der Waals surface area contributed by atoms with E-state index in [-0.39, 0.29) is 17.3 Å². The minimum absolute atomic E-state index is 0.0304. The number of alkyl halides is 3. The molecule has 0 radical (unpaired) electrons. The second-order valence-electron chi connectivity index (χ2n) is 5.92. The molecular formula is C14H18F3N3O. The third kappa shape index (κ3) is 2.38. The second kappa shape index (κ2) is 4.84. The van der Waals surface area contributed by atoms with Crippen molar-refractivity contribution in [2.45, 2.75) is 44.1 Å². The van der Waals surface area contributed by atoms with E-state index in [0.29, 0.717) is 6.54 Å². The maximum atomic E-state index is 12.7. The number of rotatable bonds is 1. The van der Waals surface area contributed by atoms with Crippen molar-refractivity contribution in [3.8, 4) is 0 Å². The molecule has 1 aromatic rings. The van der Waals surface area contributed by atoms with Crippen molar-refractivity contribution >= 4 is 5.78 Å². The average molecular weight is 301 g/mol. The molecule has 2 N–H and O–H groups in total. The van der Waals surface area contributed by atoms with Crippen LogP contribution in [0.2, 0.25) is 0 Å². The van der Waals surface area contributed by atoms with E-state index < -0.39 is 12.0 Å². The van der Waals surface area contributed by atoms with E-state index in [0.717, 1.165) is 31.6 Å². The largest absolute Gasteiger partial charge is 0.456 e. The molecule has 1 unspecified atom stereocenters. The smallest absolute Gasteiger partial charge is 0.339 e. The zero-order chi connectivity index (χ0) is 15.3. The molecule has 0 aliphatic carbocycles. The molecule has 116 valence electrons. The lowest BCUT2D eigenvalue weighted by Gasteiger charge is -2.45. The van der Waals surface area contributed by atoms with Crippen molar-refractivity contribution < 1.29 is 18.0 Å². The number of carbonyl (C=O) groups is 1. The fourth-order valence-electron chi connectivity index (χ4n) is 3.54. The topological polar surface area (TPSA) is 46.1 Å². The minimum atomic E-state index is -4.83. The van der Waals surface area contributed by atoms with Crippen LogP contribution in [0.3, 0.4) is 0 Å². The number of carbonyl (C=O) groups excluding carboxylic acids is 1.